The van der Waals surface area contributed by atoms with Gasteiger partial charge >= 0.3 is 0 Å². The van der Waals surface area contributed by atoms with Gasteiger partial charge in [0.2, 0.25) is 0 Å². The van der Waals surface area contributed by atoms with Crippen molar-refractivity contribution in [2.75, 3.05) is 13.1 Å². The van der Waals surface area contributed by atoms with Crippen molar-refractivity contribution in [3.63, 3.8) is 0 Å². The molecule has 0 spiro atoms. The van der Waals surface area contributed by atoms with E-state index in [0.717, 1.165) is 25.9 Å². The summed E-state index contributed by atoms with van der Waals surface area (Å²) in [6.07, 6.45) is 3.80. The van der Waals surface area contributed by atoms with E-state index in [-0.39, 0.29) is 18.0 Å². The lowest BCUT2D eigenvalue weighted by molar-refractivity contribution is 0.0668. The van der Waals surface area contributed by atoms with Gasteiger partial charge in [0, 0.05) is 31.4 Å². The minimum absolute atomic E-state index is 0.0775. The molecule has 0 saturated carbocycles. The molecule has 4 nitrogen and oxygen atoms in total. The molecular weight excluding hydrogens is 274 g/mol. The molecule has 1 fully saturated rings. The van der Waals surface area contributed by atoms with Gasteiger partial charge in [0.25, 0.3) is 5.91 Å². The van der Waals surface area contributed by atoms with Crippen molar-refractivity contribution in [3.8, 4) is 0 Å². The fraction of sp³-hybridized carbons (Fsp3) is 0.667. The molecule has 1 aromatic rings. The lowest BCUT2D eigenvalue weighted by atomic mass is 9.91. The van der Waals surface area contributed by atoms with Gasteiger partial charge in [0.1, 0.15) is 5.69 Å². The van der Waals surface area contributed by atoms with Crippen LogP contribution in [-0.2, 0) is 0 Å². The molecule has 0 bridgehead atoms. The van der Waals surface area contributed by atoms with Crippen LogP contribution in [0.1, 0.15) is 50.1 Å². The molecule has 1 saturated heterocycles. The van der Waals surface area contributed by atoms with Crippen LogP contribution in [0.5, 0.6) is 0 Å². The Bertz CT molecular complexity index is 473. The largest absolute Gasteiger partial charge is 0.339 e. The second-order valence-corrected chi connectivity index (χ2v) is 6.47. The van der Waals surface area contributed by atoms with E-state index < -0.39 is 0 Å². The molecule has 1 unspecified atom stereocenters. The number of nitrogens with zero attached hydrogens (tertiary/aromatic N) is 2. The van der Waals surface area contributed by atoms with E-state index in [4.69, 9.17) is 17.3 Å². The summed E-state index contributed by atoms with van der Waals surface area (Å²) in [7, 11) is 0. The highest BCUT2D eigenvalue weighted by Gasteiger charge is 2.27. The Morgan fingerprint density at radius 2 is 1.95 bits per heavy atom. The van der Waals surface area contributed by atoms with Crippen LogP contribution in [-0.4, -0.2) is 34.5 Å². The second-order valence-electron chi connectivity index (χ2n) is 6.03. The predicted octanol–water partition coefficient (Wildman–Crippen LogP) is 2.92. The molecule has 1 aliphatic rings. The molecule has 112 valence electrons. The number of rotatable bonds is 3. The fourth-order valence-electron chi connectivity index (χ4n) is 2.83. The Labute approximate surface area is 125 Å². The number of piperidine rings is 1. The SMILES string of the molecule is CC(N)C1CCN(C(=O)c2cc(Cl)cn2C(C)C)CC1. The van der Waals surface area contributed by atoms with Crippen molar-refractivity contribution in [3.05, 3.63) is 23.0 Å². The van der Waals surface area contributed by atoms with Crippen LogP contribution in [0, 0.1) is 5.92 Å². The molecule has 2 rings (SSSR count). The van der Waals surface area contributed by atoms with E-state index >= 15 is 0 Å². The molecule has 5 heteroatoms. The number of amides is 1. The zero-order valence-corrected chi connectivity index (χ0v) is 13.2. The van der Waals surface area contributed by atoms with Crippen LogP contribution in [0.25, 0.3) is 0 Å². The summed E-state index contributed by atoms with van der Waals surface area (Å²) in [5, 5.41) is 0.618. The van der Waals surface area contributed by atoms with Crippen LogP contribution >= 0.6 is 11.6 Å². The number of hydrogen-bond donors (Lipinski definition) is 1. The quantitative estimate of drug-likeness (QED) is 0.932. The Morgan fingerprint density at radius 3 is 2.45 bits per heavy atom. The van der Waals surface area contributed by atoms with E-state index in [2.05, 4.69) is 13.8 Å². The Balaban J connectivity index is 2.09. The standard InChI is InChI=1S/C15H24ClN3O/c1-10(2)19-9-13(16)8-14(19)15(20)18-6-4-12(5-7-18)11(3)17/h8-12H,4-7,17H2,1-3H3. The topological polar surface area (TPSA) is 51.3 Å². The minimum atomic E-state index is 0.0775. The zero-order valence-electron chi connectivity index (χ0n) is 12.5. The molecule has 0 aliphatic carbocycles. The molecule has 1 aliphatic heterocycles. The van der Waals surface area contributed by atoms with Crippen molar-refractivity contribution in [1.82, 2.24) is 9.47 Å². The van der Waals surface area contributed by atoms with E-state index in [0.29, 0.717) is 16.6 Å². The second kappa shape index (κ2) is 6.19. The maximum atomic E-state index is 12.6. The fourth-order valence-corrected chi connectivity index (χ4v) is 3.04. The smallest absolute Gasteiger partial charge is 0.270 e. The average molecular weight is 298 g/mol. The molecule has 1 aromatic heterocycles. The molecule has 1 amide bonds. The molecule has 0 radical (unpaired) electrons. The van der Waals surface area contributed by atoms with Gasteiger partial charge < -0.3 is 15.2 Å². The third-order valence-corrected chi connectivity index (χ3v) is 4.37. The first kappa shape index (κ1) is 15.4. The van der Waals surface area contributed by atoms with Crippen LogP contribution in [0.4, 0.5) is 0 Å². The summed E-state index contributed by atoms with van der Waals surface area (Å²) in [5.41, 5.74) is 6.63. The number of halogens is 1. The lowest BCUT2D eigenvalue weighted by Crippen LogP contribution is -2.43. The lowest BCUT2D eigenvalue weighted by Gasteiger charge is -2.34. The Morgan fingerprint density at radius 1 is 1.35 bits per heavy atom. The first-order valence-corrected chi connectivity index (χ1v) is 7.70. The molecule has 0 aromatic carbocycles. The van der Waals surface area contributed by atoms with Crippen molar-refractivity contribution in [2.45, 2.75) is 45.7 Å². The van der Waals surface area contributed by atoms with Crippen LogP contribution in [0.15, 0.2) is 12.3 Å². The zero-order chi connectivity index (χ0) is 14.9. The number of carbonyl (C=O) groups excluding carboxylic acids is 1. The van der Waals surface area contributed by atoms with E-state index in [1.165, 1.54) is 0 Å². The van der Waals surface area contributed by atoms with Gasteiger partial charge in [-0.1, -0.05) is 11.6 Å². The number of aromatic nitrogens is 1. The van der Waals surface area contributed by atoms with E-state index in [1.807, 2.05) is 22.6 Å². The maximum absolute atomic E-state index is 12.6. The maximum Gasteiger partial charge on any atom is 0.270 e. The highest BCUT2D eigenvalue weighted by atomic mass is 35.5. The average Bonchev–Trinajstić information content (AvgIpc) is 2.80. The third-order valence-electron chi connectivity index (χ3n) is 4.16. The van der Waals surface area contributed by atoms with Crippen molar-refractivity contribution in [2.24, 2.45) is 11.7 Å². The number of carbonyl (C=O) groups is 1. The normalized spacial score (nSPS) is 18.6. The van der Waals surface area contributed by atoms with E-state index in [1.54, 1.807) is 6.07 Å². The molecule has 2 N–H and O–H groups in total. The number of hydrogen-bond acceptors (Lipinski definition) is 2. The number of nitrogens with two attached hydrogens (primary N) is 1. The third kappa shape index (κ3) is 3.18. The molecule has 20 heavy (non-hydrogen) atoms. The number of likely N-dealkylation sites (tertiary alicyclic amines) is 1. The monoisotopic (exact) mass is 297 g/mol. The minimum Gasteiger partial charge on any atom is -0.339 e. The summed E-state index contributed by atoms with van der Waals surface area (Å²) >= 11 is 6.05. The summed E-state index contributed by atoms with van der Waals surface area (Å²) in [4.78, 5) is 14.6. The van der Waals surface area contributed by atoms with Gasteiger partial charge in [-0.05, 0) is 45.6 Å². The van der Waals surface area contributed by atoms with Gasteiger partial charge in [0.05, 0.1) is 5.02 Å². The summed E-state index contributed by atoms with van der Waals surface area (Å²) < 4.78 is 1.95. The predicted molar refractivity (Wildman–Crippen MR) is 82.1 cm³/mol. The molecule has 2 heterocycles. The van der Waals surface area contributed by atoms with Gasteiger partial charge in [-0.3, -0.25) is 4.79 Å². The van der Waals surface area contributed by atoms with Gasteiger partial charge in [0.15, 0.2) is 0 Å². The first-order chi connectivity index (χ1) is 9.40. The van der Waals surface area contributed by atoms with E-state index in [9.17, 15) is 4.79 Å². The van der Waals surface area contributed by atoms with Gasteiger partial charge in [-0.2, -0.15) is 0 Å². The Kier molecular flexibility index (Phi) is 4.76. The molecule has 1 atom stereocenters. The van der Waals surface area contributed by atoms with Gasteiger partial charge in [-0.15, -0.1) is 0 Å². The van der Waals surface area contributed by atoms with Crippen molar-refractivity contribution >= 4 is 17.5 Å². The van der Waals surface area contributed by atoms with Crippen molar-refractivity contribution in [1.29, 1.82) is 0 Å². The highest BCUT2D eigenvalue weighted by Crippen LogP contribution is 2.24. The highest BCUT2D eigenvalue weighted by molar-refractivity contribution is 6.31. The molecular formula is C15H24ClN3O. The first-order valence-electron chi connectivity index (χ1n) is 7.32. The Hall–Kier alpha value is -1.00. The van der Waals surface area contributed by atoms with Crippen molar-refractivity contribution < 1.29 is 4.79 Å². The summed E-state index contributed by atoms with van der Waals surface area (Å²) in [5.74, 6) is 0.605. The summed E-state index contributed by atoms with van der Waals surface area (Å²) in [6, 6.07) is 2.20. The summed E-state index contributed by atoms with van der Waals surface area (Å²) in [6.45, 7) is 7.72. The van der Waals surface area contributed by atoms with Crippen LogP contribution < -0.4 is 5.73 Å². The van der Waals surface area contributed by atoms with Gasteiger partial charge in [-0.25, -0.2) is 0 Å². The van der Waals surface area contributed by atoms with Crippen LogP contribution in [0.3, 0.4) is 0 Å². The van der Waals surface area contributed by atoms with Crippen LogP contribution in [0.2, 0.25) is 5.02 Å².